The van der Waals surface area contributed by atoms with Crippen LogP contribution in [0.15, 0.2) is 0 Å². The Morgan fingerprint density at radius 1 is 1.43 bits per heavy atom. The second-order valence-electron chi connectivity index (χ2n) is 3.98. The maximum Gasteiger partial charge on any atom is 0.225 e. The number of hydrogen-bond donors (Lipinski definition) is 1. The summed E-state index contributed by atoms with van der Waals surface area (Å²) in [6, 6.07) is 0.443. The second-order valence-corrected chi connectivity index (χ2v) is 4.37. The van der Waals surface area contributed by atoms with E-state index in [1.165, 1.54) is 0 Å². The van der Waals surface area contributed by atoms with Crippen LogP contribution in [0.5, 0.6) is 0 Å². The fourth-order valence-electron chi connectivity index (χ4n) is 1.28. The molecule has 1 rings (SSSR count). The molecule has 1 aromatic heterocycles. The third-order valence-corrected chi connectivity index (χ3v) is 3.11. The first kappa shape index (κ1) is 11.2. The topological polar surface area (TPSA) is 36.9 Å². The van der Waals surface area contributed by atoms with Gasteiger partial charge in [0.15, 0.2) is 4.77 Å². The highest BCUT2D eigenvalue weighted by molar-refractivity contribution is 7.71. The Morgan fingerprint density at radius 3 is 2.36 bits per heavy atom. The minimum atomic E-state index is 0.443. The van der Waals surface area contributed by atoms with E-state index in [0.717, 1.165) is 5.95 Å². The summed E-state index contributed by atoms with van der Waals surface area (Å²) < 4.78 is 2.54. The van der Waals surface area contributed by atoms with Crippen LogP contribution in [-0.2, 0) is 7.05 Å². The summed E-state index contributed by atoms with van der Waals surface area (Å²) in [5.41, 5.74) is 0. The summed E-state index contributed by atoms with van der Waals surface area (Å²) in [6.45, 7) is 6.58. The summed E-state index contributed by atoms with van der Waals surface area (Å²) in [5.74, 6) is 1.47. The largest absolute Gasteiger partial charge is 0.341 e. The average Bonchev–Trinajstić information content (AvgIpc) is 2.45. The Labute approximate surface area is 89.9 Å². The number of rotatable bonds is 3. The first-order chi connectivity index (χ1) is 6.45. The van der Waals surface area contributed by atoms with Crippen LogP contribution in [-0.4, -0.2) is 27.9 Å². The van der Waals surface area contributed by atoms with E-state index in [1.807, 2.05) is 18.7 Å². The minimum Gasteiger partial charge on any atom is -0.341 e. The molecule has 1 N–H and O–H groups in total. The first-order valence-electron chi connectivity index (χ1n) is 4.79. The van der Waals surface area contributed by atoms with Gasteiger partial charge in [0.25, 0.3) is 0 Å². The normalized spacial score (nSPS) is 13.3. The van der Waals surface area contributed by atoms with Gasteiger partial charge in [0.1, 0.15) is 0 Å². The van der Waals surface area contributed by atoms with Gasteiger partial charge < -0.3 is 4.90 Å². The molecule has 0 spiro atoms. The van der Waals surface area contributed by atoms with Crippen LogP contribution in [0.2, 0.25) is 0 Å². The third kappa shape index (κ3) is 1.97. The summed E-state index contributed by atoms with van der Waals surface area (Å²) in [7, 11) is 3.96. The minimum absolute atomic E-state index is 0.443. The number of hydrogen-bond acceptors (Lipinski definition) is 3. The van der Waals surface area contributed by atoms with Crippen molar-refractivity contribution in [2.75, 3.05) is 11.9 Å². The van der Waals surface area contributed by atoms with Crippen LogP contribution in [0.1, 0.15) is 20.8 Å². The van der Waals surface area contributed by atoms with Gasteiger partial charge in [-0.1, -0.05) is 13.8 Å². The fourth-order valence-corrected chi connectivity index (χ4v) is 1.41. The molecule has 0 saturated carbocycles. The van der Waals surface area contributed by atoms with Crippen molar-refractivity contribution in [2.45, 2.75) is 26.8 Å². The highest BCUT2D eigenvalue weighted by Gasteiger charge is 2.17. The van der Waals surface area contributed by atoms with Crippen molar-refractivity contribution in [3.63, 3.8) is 0 Å². The van der Waals surface area contributed by atoms with Gasteiger partial charge in [-0.3, -0.25) is 4.57 Å². The number of aromatic amines is 1. The summed E-state index contributed by atoms with van der Waals surface area (Å²) in [5, 5.41) is 6.98. The van der Waals surface area contributed by atoms with E-state index in [0.29, 0.717) is 16.7 Å². The van der Waals surface area contributed by atoms with Crippen molar-refractivity contribution in [2.24, 2.45) is 13.0 Å². The van der Waals surface area contributed by atoms with Crippen LogP contribution < -0.4 is 4.90 Å². The lowest BCUT2D eigenvalue weighted by molar-refractivity contribution is 0.495. The van der Waals surface area contributed by atoms with E-state index in [1.54, 1.807) is 0 Å². The average molecular weight is 214 g/mol. The van der Waals surface area contributed by atoms with E-state index in [-0.39, 0.29) is 0 Å². The van der Waals surface area contributed by atoms with Crippen LogP contribution >= 0.6 is 12.2 Å². The SMILES string of the molecule is CC(C)C(C)N(C)c1n[nH]c(=S)n1C. The number of nitrogens with one attached hydrogen (secondary N) is 1. The van der Waals surface area contributed by atoms with Crippen LogP contribution in [0.3, 0.4) is 0 Å². The summed E-state index contributed by atoms with van der Waals surface area (Å²) in [6.07, 6.45) is 0. The zero-order chi connectivity index (χ0) is 10.9. The maximum absolute atomic E-state index is 5.06. The molecule has 0 bridgehead atoms. The van der Waals surface area contributed by atoms with Crippen molar-refractivity contribution in [1.82, 2.24) is 14.8 Å². The zero-order valence-corrected chi connectivity index (χ0v) is 10.2. The van der Waals surface area contributed by atoms with Crippen LogP contribution in [0, 0.1) is 10.7 Å². The molecular formula is C9H18N4S. The molecule has 1 heterocycles. The molecule has 80 valence electrons. The maximum atomic E-state index is 5.06. The fraction of sp³-hybridized carbons (Fsp3) is 0.778. The van der Waals surface area contributed by atoms with E-state index in [2.05, 4.69) is 35.9 Å². The van der Waals surface area contributed by atoms with E-state index >= 15 is 0 Å². The molecule has 0 saturated heterocycles. The number of nitrogens with zero attached hydrogens (tertiary/aromatic N) is 3. The van der Waals surface area contributed by atoms with Gasteiger partial charge >= 0.3 is 0 Å². The van der Waals surface area contributed by atoms with E-state index in [9.17, 15) is 0 Å². The van der Waals surface area contributed by atoms with Crippen molar-refractivity contribution in [1.29, 1.82) is 0 Å². The summed E-state index contributed by atoms with van der Waals surface area (Å²) in [4.78, 5) is 2.14. The number of anilines is 1. The van der Waals surface area contributed by atoms with Gasteiger partial charge in [-0.15, -0.1) is 5.10 Å². The smallest absolute Gasteiger partial charge is 0.225 e. The molecular weight excluding hydrogens is 196 g/mol. The predicted octanol–water partition coefficient (Wildman–Crippen LogP) is 1.96. The Hall–Kier alpha value is -0.840. The molecule has 0 aliphatic heterocycles. The Morgan fingerprint density at radius 2 is 2.00 bits per heavy atom. The lowest BCUT2D eigenvalue weighted by atomic mass is 10.1. The van der Waals surface area contributed by atoms with Gasteiger partial charge in [-0.25, -0.2) is 5.10 Å². The zero-order valence-electron chi connectivity index (χ0n) is 9.40. The molecule has 1 atom stereocenters. The predicted molar refractivity (Wildman–Crippen MR) is 61.1 cm³/mol. The Bertz CT molecular complexity index is 352. The number of aromatic nitrogens is 3. The van der Waals surface area contributed by atoms with Gasteiger partial charge in [-0.05, 0) is 25.1 Å². The van der Waals surface area contributed by atoms with E-state index < -0.39 is 0 Å². The molecule has 0 aliphatic rings. The van der Waals surface area contributed by atoms with Crippen molar-refractivity contribution in [3.05, 3.63) is 4.77 Å². The van der Waals surface area contributed by atoms with Crippen LogP contribution in [0.4, 0.5) is 5.95 Å². The van der Waals surface area contributed by atoms with Gasteiger partial charge in [-0.2, -0.15) is 0 Å². The molecule has 1 aromatic rings. The molecule has 0 amide bonds. The monoisotopic (exact) mass is 214 g/mol. The highest BCUT2D eigenvalue weighted by Crippen LogP contribution is 2.15. The standard InChI is InChI=1S/C9H18N4S/c1-6(2)7(3)12(4)8-10-11-9(14)13(8)5/h6-7H,1-5H3,(H,11,14). The molecule has 0 aliphatic carbocycles. The molecule has 14 heavy (non-hydrogen) atoms. The van der Waals surface area contributed by atoms with Crippen LogP contribution in [0.25, 0.3) is 0 Å². The van der Waals surface area contributed by atoms with Gasteiger partial charge in [0.2, 0.25) is 5.95 Å². The van der Waals surface area contributed by atoms with Crippen molar-refractivity contribution >= 4 is 18.2 Å². The lowest BCUT2D eigenvalue weighted by Crippen LogP contribution is -2.34. The summed E-state index contributed by atoms with van der Waals surface area (Å²) >= 11 is 5.06. The third-order valence-electron chi connectivity index (χ3n) is 2.75. The Balaban J connectivity index is 2.95. The molecule has 4 nitrogen and oxygen atoms in total. The van der Waals surface area contributed by atoms with Gasteiger partial charge in [0, 0.05) is 20.1 Å². The van der Waals surface area contributed by atoms with Crippen molar-refractivity contribution in [3.8, 4) is 0 Å². The lowest BCUT2D eigenvalue weighted by Gasteiger charge is -2.28. The molecule has 1 unspecified atom stereocenters. The van der Waals surface area contributed by atoms with Gasteiger partial charge in [0.05, 0.1) is 0 Å². The Kier molecular flexibility index (Phi) is 3.31. The highest BCUT2D eigenvalue weighted by atomic mass is 32.1. The molecule has 0 aromatic carbocycles. The van der Waals surface area contributed by atoms with Crippen molar-refractivity contribution < 1.29 is 0 Å². The molecule has 5 heteroatoms. The quantitative estimate of drug-likeness (QED) is 0.781. The second kappa shape index (κ2) is 4.13. The number of H-pyrrole nitrogens is 1. The molecule has 0 fully saturated rings. The molecule has 0 radical (unpaired) electrons. The van der Waals surface area contributed by atoms with E-state index in [4.69, 9.17) is 12.2 Å². The first-order valence-corrected chi connectivity index (χ1v) is 5.20.